The summed E-state index contributed by atoms with van der Waals surface area (Å²) in [5.74, 6) is -3.18. The predicted octanol–water partition coefficient (Wildman–Crippen LogP) is 6.22. The van der Waals surface area contributed by atoms with Crippen LogP contribution in [-0.4, -0.2) is 38.8 Å². The SMILES string of the molecule is CCOc1ccc2nc(Nc3cc(C(F)(F)c4ccc(F)cc4)nc(N[C@H]4CC[C@H](O)CC4)n3)sc2c1. The van der Waals surface area contributed by atoms with Gasteiger partial charge in [0.15, 0.2) is 5.13 Å². The second kappa shape index (κ2) is 10.5. The van der Waals surface area contributed by atoms with Gasteiger partial charge in [0.25, 0.3) is 0 Å². The monoisotopic (exact) mass is 529 g/mol. The highest BCUT2D eigenvalue weighted by atomic mass is 32.1. The Morgan fingerprint density at radius 1 is 1.03 bits per heavy atom. The van der Waals surface area contributed by atoms with Crippen LogP contribution in [0.25, 0.3) is 10.2 Å². The number of rotatable bonds is 8. The molecule has 11 heteroatoms. The Balaban J connectivity index is 1.48. The van der Waals surface area contributed by atoms with Gasteiger partial charge in [0.1, 0.15) is 23.1 Å². The summed E-state index contributed by atoms with van der Waals surface area (Å²) in [6.45, 7) is 2.44. The molecular formula is C26H26F3N5O2S. The molecule has 0 atom stereocenters. The van der Waals surface area contributed by atoms with Gasteiger partial charge in [0.05, 0.1) is 22.9 Å². The maximum Gasteiger partial charge on any atom is 0.315 e. The van der Waals surface area contributed by atoms with Crippen LogP contribution in [0.4, 0.5) is 30.1 Å². The Morgan fingerprint density at radius 3 is 2.51 bits per heavy atom. The van der Waals surface area contributed by atoms with E-state index in [0.717, 1.165) is 40.2 Å². The van der Waals surface area contributed by atoms with Gasteiger partial charge in [0.2, 0.25) is 5.95 Å². The van der Waals surface area contributed by atoms with Crippen LogP contribution >= 0.6 is 11.3 Å². The molecule has 7 nitrogen and oxygen atoms in total. The third kappa shape index (κ3) is 5.78. The van der Waals surface area contributed by atoms with Gasteiger partial charge in [-0.25, -0.2) is 14.4 Å². The number of nitrogens with zero attached hydrogens (tertiary/aromatic N) is 3. The zero-order chi connectivity index (χ0) is 26.0. The molecule has 2 aromatic carbocycles. The van der Waals surface area contributed by atoms with Gasteiger partial charge in [-0.3, -0.25) is 0 Å². The zero-order valence-corrected chi connectivity index (χ0v) is 20.9. The highest BCUT2D eigenvalue weighted by Crippen LogP contribution is 2.37. The van der Waals surface area contributed by atoms with Crippen LogP contribution in [0.15, 0.2) is 48.5 Å². The molecule has 1 aliphatic carbocycles. The minimum Gasteiger partial charge on any atom is -0.494 e. The van der Waals surface area contributed by atoms with Crippen molar-refractivity contribution in [3.8, 4) is 5.75 Å². The van der Waals surface area contributed by atoms with E-state index in [0.29, 0.717) is 37.4 Å². The van der Waals surface area contributed by atoms with Crippen molar-refractivity contribution in [2.75, 3.05) is 17.2 Å². The summed E-state index contributed by atoms with van der Waals surface area (Å²) in [6.07, 6.45) is 2.22. The minimum atomic E-state index is -3.49. The van der Waals surface area contributed by atoms with Crippen LogP contribution in [0.5, 0.6) is 5.75 Å². The molecule has 0 unspecified atom stereocenters. The number of alkyl halides is 2. The van der Waals surface area contributed by atoms with E-state index >= 15 is 8.78 Å². The molecule has 0 radical (unpaired) electrons. The molecule has 5 rings (SSSR count). The molecule has 37 heavy (non-hydrogen) atoms. The average Bonchev–Trinajstić information content (AvgIpc) is 3.27. The van der Waals surface area contributed by atoms with Crippen molar-refractivity contribution in [3.63, 3.8) is 0 Å². The Hall–Kier alpha value is -3.44. The topological polar surface area (TPSA) is 92.2 Å². The molecule has 3 N–H and O–H groups in total. The van der Waals surface area contributed by atoms with E-state index in [2.05, 4.69) is 25.6 Å². The number of fused-ring (bicyclic) bond motifs is 1. The number of hydrogen-bond acceptors (Lipinski definition) is 8. The molecule has 1 fully saturated rings. The summed E-state index contributed by atoms with van der Waals surface area (Å²) in [7, 11) is 0. The molecule has 2 heterocycles. The first-order chi connectivity index (χ1) is 17.8. The first-order valence-electron chi connectivity index (χ1n) is 12.1. The number of ether oxygens (including phenoxy) is 1. The zero-order valence-electron chi connectivity index (χ0n) is 20.0. The number of halogens is 3. The summed E-state index contributed by atoms with van der Waals surface area (Å²) < 4.78 is 50.8. The number of anilines is 3. The van der Waals surface area contributed by atoms with Crippen LogP contribution in [0.2, 0.25) is 0 Å². The maximum atomic E-state index is 15.5. The standard InChI is InChI=1S/C26H26F3N5O2S/c1-2-36-19-11-12-20-21(13-19)37-25(31-20)34-23-14-22(26(28,29)15-3-5-16(27)6-4-15)32-24(33-23)30-17-7-9-18(35)10-8-17/h3-6,11-14,17-18,35H,2,7-10H2,1H3,(H2,30,31,32,33,34)/t17-,18-. The normalized spacial score (nSPS) is 18.1. The fourth-order valence-corrected chi connectivity index (χ4v) is 5.17. The molecule has 4 aromatic rings. The van der Waals surface area contributed by atoms with Gasteiger partial charge >= 0.3 is 5.92 Å². The van der Waals surface area contributed by atoms with Gasteiger partial charge in [-0.2, -0.15) is 13.8 Å². The van der Waals surface area contributed by atoms with Gasteiger partial charge < -0.3 is 20.5 Å². The molecule has 0 aliphatic heterocycles. The van der Waals surface area contributed by atoms with Crippen molar-refractivity contribution in [1.29, 1.82) is 0 Å². The lowest BCUT2D eigenvalue weighted by Crippen LogP contribution is -2.29. The van der Waals surface area contributed by atoms with Gasteiger partial charge in [-0.05, 0) is 75.1 Å². The highest BCUT2D eigenvalue weighted by Gasteiger charge is 2.37. The van der Waals surface area contributed by atoms with Crippen LogP contribution in [0, 0.1) is 5.82 Å². The summed E-state index contributed by atoms with van der Waals surface area (Å²) >= 11 is 1.35. The summed E-state index contributed by atoms with van der Waals surface area (Å²) in [6, 6.07) is 10.7. The second-order valence-corrected chi connectivity index (χ2v) is 9.93. The first-order valence-corrected chi connectivity index (χ1v) is 12.9. The van der Waals surface area contributed by atoms with Crippen molar-refractivity contribution in [1.82, 2.24) is 15.0 Å². The average molecular weight is 530 g/mol. The molecule has 0 spiro atoms. The van der Waals surface area contributed by atoms with Gasteiger partial charge in [-0.15, -0.1) is 0 Å². The second-order valence-electron chi connectivity index (χ2n) is 8.90. The first kappa shape index (κ1) is 25.2. The Kier molecular flexibility index (Phi) is 7.16. The number of aliphatic hydroxyl groups is 1. The van der Waals surface area contributed by atoms with Crippen LogP contribution in [0.1, 0.15) is 43.9 Å². The van der Waals surface area contributed by atoms with E-state index < -0.39 is 17.4 Å². The lowest BCUT2D eigenvalue weighted by atomic mass is 9.93. The number of nitrogens with one attached hydrogen (secondary N) is 2. The molecule has 194 valence electrons. The van der Waals surface area contributed by atoms with E-state index in [-0.39, 0.29) is 29.5 Å². The van der Waals surface area contributed by atoms with Crippen molar-refractivity contribution in [2.45, 2.75) is 50.7 Å². The highest BCUT2D eigenvalue weighted by molar-refractivity contribution is 7.22. The third-order valence-electron chi connectivity index (χ3n) is 6.19. The molecule has 1 aliphatic rings. The fourth-order valence-electron chi connectivity index (χ4n) is 4.27. The number of aromatic nitrogens is 3. The summed E-state index contributed by atoms with van der Waals surface area (Å²) in [4.78, 5) is 13.1. The molecule has 0 bridgehead atoms. The van der Waals surface area contributed by atoms with Gasteiger partial charge in [-0.1, -0.05) is 11.3 Å². The third-order valence-corrected chi connectivity index (χ3v) is 7.12. The molecular weight excluding hydrogens is 503 g/mol. The Labute approximate surface area is 215 Å². The van der Waals surface area contributed by atoms with Crippen molar-refractivity contribution >= 4 is 38.5 Å². The summed E-state index contributed by atoms with van der Waals surface area (Å²) in [5, 5.41) is 16.5. The number of aliphatic hydroxyl groups excluding tert-OH is 1. The number of hydrogen-bond donors (Lipinski definition) is 3. The predicted molar refractivity (Wildman–Crippen MR) is 137 cm³/mol. The van der Waals surface area contributed by atoms with Crippen LogP contribution < -0.4 is 15.4 Å². The number of thiazole rings is 1. The van der Waals surface area contributed by atoms with Crippen molar-refractivity contribution in [3.05, 3.63) is 65.6 Å². The quantitative estimate of drug-likeness (QED) is 0.249. The number of benzene rings is 2. The van der Waals surface area contributed by atoms with Crippen molar-refractivity contribution in [2.24, 2.45) is 0 Å². The largest absolute Gasteiger partial charge is 0.494 e. The Morgan fingerprint density at radius 2 is 1.78 bits per heavy atom. The molecule has 0 saturated heterocycles. The van der Waals surface area contributed by atoms with Crippen molar-refractivity contribution < 1.29 is 23.0 Å². The lowest BCUT2D eigenvalue weighted by molar-refractivity contribution is 0.0380. The van der Waals surface area contributed by atoms with E-state index in [9.17, 15) is 9.50 Å². The van der Waals surface area contributed by atoms with Crippen LogP contribution in [0.3, 0.4) is 0 Å². The fraction of sp³-hybridized carbons (Fsp3) is 0.346. The van der Waals surface area contributed by atoms with Crippen LogP contribution in [-0.2, 0) is 5.92 Å². The Bertz CT molecular complexity index is 1370. The minimum absolute atomic E-state index is 0.0444. The molecule has 1 saturated carbocycles. The molecule has 0 amide bonds. The summed E-state index contributed by atoms with van der Waals surface area (Å²) in [5.41, 5.74) is -0.176. The van der Waals surface area contributed by atoms with Gasteiger partial charge in [0, 0.05) is 17.7 Å². The van der Waals surface area contributed by atoms with E-state index in [1.54, 1.807) is 0 Å². The smallest absolute Gasteiger partial charge is 0.315 e. The molecule has 2 aromatic heterocycles. The maximum absolute atomic E-state index is 15.5. The lowest BCUT2D eigenvalue weighted by Gasteiger charge is -2.26. The van der Waals surface area contributed by atoms with E-state index in [4.69, 9.17) is 4.74 Å². The van der Waals surface area contributed by atoms with E-state index in [1.807, 2.05) is 25.1 Å². The van der Waals surface area contributed by atoms with E-state index in [1.165, 1.54) is 17.4 Å².